The van der Waals surface area contributed by atoms with Crippen LogP contribution in [0, 0.1) is 23.2 Å². The smallest absolute Gasteiger partial charge is 0.413 e. The van der Waals surface area contributed by atoms with Crippen molar-refractivity contribution in [2.75, 3.05) is 0 Å². The van der Waals surface area contributed by atoms with E-state index in [9.17, 15) is 23.1 Å². The minimum Gasteiger partial charge on any atom is -0.478 e. The van der Waals surface area contributed by atoms with E-state index < -0.39 is 23.1 Å². The molecule has 1 N–H and O–H groups in total. The first-order valence-electron chi connectivity index (χ1n) is 7.79. The molecule has 0 heterocycles. The molecule has 0 aliphatic heterocycles. The highest BCUT2D eigenvalue weighted by Gasteiger charge is 2.56. The molecule has 0 spiro atoms. The third-order valence-corrected chi connectivity index (χ3v) is 5.78. The van der Waals surface area contributed by atoms with Gasteiger partial charge in [-0.1, -0.05) is 6.92 Å². The minimum absolute atomic E-state index is 0.257. The summed E-state index contributed by atoms with van der Waals surface area (Å²) in [4.78, 5) is 11.7. The molecular weight excluding hydrogens is 281 g/mol. The van der Waals surface area contributed by atoms with Crippen LogP contribution < -0.4 is 0 Å². The van der Waals surface area contributed by atoms with Crippen LogP contribution >= 0.6 is 0 Å². The molecule has 4 saturated carbocycles. The van der Waals surface area contributed by atoms with E-state index in [1.54, 1.807) is 0 Å². The highest BCUT2D eigenvalue weighted by molar-refractivity contribution is 5.89. The van der Waals surface area contributed by atoms with Gasteiger partial charge in [-0.25, -0.2) is 4.79 Å². The molecule has 4 aliphatic rings. The van der Waals surface area contributed by atoms with Gasteiger partial charge in [-0.3, -0.25) is 0 Å². The third-order valence-electron chi connectivity index (χ3n) is 5.78. The number of halogens is 3. The molecule has 5 heteroatoms. The lowest BCUT2D eigenvalue weighted by atomic mass is 9.47. The van der Waals surface area contributed by atoms with Gasteiger partial charge in [-0.05, 0) is 62.7 Å². The van der Waals surface area contributed by atoms with Crippen LogP contribution in [-0.2, 0) is 4.79 Å². The van der Waals surface area contributed by atoms with Crippen LogP contribution in [0.1, 0.15) is 51.9 Å². The Hall–Kier alpha value is -1.00. The van der Waals surface area contributed by atoms with Gasteiger partial charge in [0.15, 0.2) is 0 Å². The van der Waals surface area contributed by atoms with Crippen LogP contribution in [0.2, 0.25) is 0 Å². The van der Waals surface area contributed by atoms with E-state index in [-0.39, 0.29) is 12.0 Å². The molecular formula is C16H21F3O2. The second kappa shape index (κ2) is 4.75. The summed E-state index contributed by atoms with van der Waals surface area (Å²) in [5, 5.41) is 9.54. The van der Waals surface area contributed by atoms with Gasteiger partial charge in [-0.2, -0.15) is 13.2 Å². The van der Waals surface area contributed by atoms with E-state index in [0.717, 1.165) is 19.3 Å². The topological polar surface area (TPSA) is 37.3 Å². The molecule has 21 heavy (non-hydrogen) atoms. The molecule has 4 fully saturated rings. The molecule has 0 amide bonds. The summed E-state index contributed by atoms with van der Waals surface area (Å²) < 4.78 is 39.9. The first-order chi connectivity index (χ1) is 9.75. The fraction of sp³-hybridized carbons (Fsp3) is 0.812. The molecule has 0 aromatic rings. The number of carboxylic acids is 1. The van der Waals surface area contributed by atoms with Crippen LogP contribution in [0.15, 0.2) is 11.1 Å². The summed E-state index contributed by atoms with van der Waals surface area (Å²) in [6, 6.07) is 0. The monoisotopic (exact) mass is 302 g/mol. The van der Waals surface area contributed by atoms with Crippen LogP contribution in [0.4, 0.5) is 13.2 Å². The number of hydrogen-bond donors (Lipinski definition) is 1. The zero-order valence-corrected chi connectivity index (χ0v) is 12.2. The maximum Gasteiger partial charge on any atom is 0.413 e. The van der Waals surface area contributed by atoms with E-state index >= 15 is 0 Å². The van der Waals surface area contributed by atoms with Gasteiger partial charge in [-0.15, -0.1) is 0 Å². The largest absolute Gasteiger partial charge is 0.478 e. The molecule has 0 unspecified atom stereocenters. The highest BCUT2D eigenvalue weighted by Crippen LogP contribution is 2.63. The Morgan fingerprint density at radius 2 is 1.52 bits per heavy atom. The first kappa shape index (κ1) is 14.9. The second-order valence-electron chi connectivity index (χ2n) is 7.21. The predicted octanol–water partition coefficient (Wildman–Crippen LogP) is 4.56. The van der Waals surface area contributed by atoms with Crippen LogP contribution in [0.5, 0.6) is 0 Å². The minimum atomic E-state index is -4.54. The van der Waals surface area contributed by atoms with Crippen molar-refractivity contribution < 1.29 is 23.1 Å². The van der Waals surface area contributed by atoms with Gasteiger partial charge in [0.2, 0.25) is 0 Å². The zero-order chi connectivity index (χ0) is 15.4. The molecule has 4 bridgehead atoms. The lowest BCUT2D eigenvalue weighted by Gasteiger charge is -2.57. The van der Waals surface area contributed by atoms with Gasteiger partial charge >= 0.3 is 12.1 Å². The van der Waals surface area contributed by atoms with Crippen molar-refractivity contribution in [2.24, 2.45) is 23.2 Å². The van der Waals surface area contributed by atoms with E-state index in [4.69, 9.17) is 0 Å². The quantitative estimate of drug-likeness (QED) is 0.776. The number of rotatable bonds is 3. The van der Waals surface area contributed by atoms with E-state index in [1.807, 2.05) is 0 Å². The molecule has 2 nitrogen and oxygen atoms in total. The average Bonchev–Trinajstić information content (AvgIpc) is 2.31. The summed E-state index contributed by atoms with van der Waals surface area (Å²) in [6.07, 6.45) is 0.373. The summed E-state index contributed by atoms with van der Waals surface area (Å²) in [7, 11) is 0. The first-order valence-corrected chi connectivity index (χ1v) is 7.79. The Bertz CT molecular complexity index is 455. The zero-order valence-electron chi connectivity index (χ0n) is 12.2. The van der Waals surface area contributed by atoms with E-state index in [0.29, 0.717) is 37.0 Å². The average molecular weight is 302 g/mol. The summed E-state index contributed by atoms with van der Waals surface area (Å²) in [5.41, 5.74) is -1.84. The molecule has 0 aromatic heterocycles. The van der Waals surface area contributed by atoms with E-state index in [1.165, 1.54) is 6.92 Å². The van der Waals surface area contributed by atoms with Crippen molar-refractivity contribution in [3.05, 3.63) is 11.1 Å². The number of hydrogen-bond acceptors (Lipinski definition) is 1. The number of aliphatic carboxylic acids is 1. The molecule has 0 atom stereocenters. The normalized spacial score (nSPS) is 39.3. The number of carbonyl (C=O) groups is 1. The number of carboxylic acid groups (broad SMARTS) is 1. The fourth-order valence-electron chi connectivity index (χ4n) is 5.61. The Labute approximate surface area is 122 Å². The molecule has 0 radical (unpaired) electrons. The maximum atomic E-state index is 13.3. The summed E-state index contributed by atoms with van der Waals surface area (Å²) in [6.45, 7) is 1.41. The van der Waals surface area contributed by atoms with Crippen molar-refractivity contribution in [1.82, 2.24) is 0 Å². The van der Waals surface area contributed by atoms with Gasteiger partial charge in [0.05, 0.1) is 5.57 Å². The highest BCUT2D eigenvalue weighted by atomic mass is 19.4. The molecule has 0 aromatic carbocycles. The Kier molecular flexibility index (Phi) is 3.37. The molecule has 4 rings (SSSR count). The van der Waals surface area contributed by atoms with Crippen LogP contribution in [-0.4, -0.2) is 17.3 Å². The molecule has 118 valence electrons. The van der Waals surface area contributed by atoms with Gasteiger partial charge < -0.3 is 5.11 Å². The molecule has 4 aliphatic carbocycles. The van der Waals surface area contributed by atoms with Crippen molar-refractivity contribution in [3.8, 4) is 0 Å². The lowest BCUT2D eigenvalue weighted by Crippen LogP contribution is -2.49. The van der Waals surface area contributed by atoms with Crippen LogP contribution in [0.3, 0.4) is 0 Å². The lowest BCUT2D eigenvalue weighted by molar-refractivity contribution is -0.139. The number of alkyl halides is 3. The standard InChI is InChI=1S/C16H21F3O2/c1-2-12(16(17,18)19)13(14(20)21)15-6-9-3-10(7-15)5-11(4-9)8-15/h9-11H,2-8H2,1H3,(H,20,21). The number of allylic oxidation sites excluding steroid dienone is 1. The van der Waals surface area contributed by atoms with Gasteiger partial charge in [0.25, 0.3) is 0 Å². The fourth-order valence-corrected chi connectivity index (χ4v) is 5.61. The van der Waals surface area contributed by atoms with E-state index in [2.05, 4.69) is 0 Å². The Morgan fingerprint density at radius 3 is 1.81 bits per heavy atom. The maximum absolute atomic E-state index is 13.3. The third kappa shape index (κ3) is 2.38. The van der Waals surface area contributed by atoms with Gasteiger partial charge in [0, 0.05) is 11.0 Å². The van der Waals surface area contributed by atoms with Crippen molar-refractivity contribution in [3.63, 3.8) is 0 Å². The summed E-state index contributed by atoms with van der Waals surface area (Å²) >= 11 is 0. The van der Waals surface area contributed by atoms with Crippen LogP contribution in [0.25, 0.3) is 0 Å². The summed E-state index contributed by atoms with van der Waals surface area (Å²) in [5.74, 6) is -0.0723. The predicted molar refractivity (Wildman–Crippen MR) is 71.6 cm³/mol. The SMILES string of the molecule is CCC(=C(C(=O)O)C12CC3CC(CC(C3)C1)C2)C(F)(F)F. The molecule has 0 saturated heterocycles. The Morgan fingerprint density at radius 1 is 1.10 bits per heavy atom. The van der Waals surface area contributed by atoms with Crippen molar-refractivity contribution in [1.29, 1.82) is 0 Å². The second-order valence-corrected chi connectivity index (χ2v) is 7.21. The van der Waals surface area contributed by atoms with Crippen molar-refractivity contribution >= 4 is 5.97 Å². The van der Waals surface area contributed by atoms with Crippen molar-refractivity contribution in [2.45, 2.75) is 58.0 Å². The van der Waals surface area contributed by atoms with Gasteiger partial charge in [0.1, 0.15) is 0 Å². The Balaban J connectivity index is 2.10.